The van der Waals surface area contributed by atoms with Crippen molar-refractivity contribution in [3.63, 3.8) is 0 Å². The topological polar surface area (TPSA) is 101 Å². The number of ether oxygens (including phenoxy) is 1. The van der Waals surface area contributed by atoms with Gasteiger partial charge in [-0.3, -0.25) is 0 Å². The predicted octanol–water partition coefficient (Wildman–Crippen LogP) is 0.302. The Hall–Kier alpha value is -1.51. The molecule has 0 bridgehead atoms. The van der Waals surface area contributed by atoms with Crippen molar-refractivity contribution in [2.45, 2.75) is 24.0 Å². The second-order valence-electron chi connectivity index (χ2n) is 3.65. The smallest absolute Gasteiger partial charge is 0.338 e. The largest absolute Gasteiger partial charge is 0.464 e. The Kier molecular flexibility index (Phi) is 4.98. The Bertz CT molecular complexity index is 539. The lowest BCUT2D eigenvalue weighted by atomic mass is 10.0. The van der Waals surface area contributed by atoms with E-state index in [0.717, 1.165) is 24.3 Å². The molecular formula is C11H13FO6S. The Balaban J connectivity index is 2.89. The van der Waals surface area contributed by atoms with E-state index in [4.69, 9.17) is 0 Å². The standard InChI is InChI=1S/C11H13FO6S/c1-2-18-11(15)10(14)9(13)7-3-5-8(6-4-7)19(12,16)17/h3-6,9-10,13-14H,2H2,1H3. The molecule has 0 aliphatic rings. The minimum atomic E-state index is -4.83. The molecule has 6 nitrogen and oxygen atoms in total. The molecule has 0 aliphatic carbocycles. The summed E-state index contributed by atoms with van der Waals surface area (Å²) >= 11 is 0. The van der Waals surface area contributed by atoms with Crippen LogP contribution in [0.25, 0.3) is 0 Å². The number of aliphatic hydroxyl groups is 2. The molecular weight excluding hydrogens is 279 g/mol. The lowest BCUT2D eigenvalue weighted by Gasteiger charge is -2.16. The lowest BCUT2D eigenvalue weighted by molar-refractivity contribution is -0.159. The van der Waals surface area contributed by atoms with E-state index in [9.17, 15) is 27.3 Å². The highest BCUT2D eigenvalue weighted by Crippen LogP contribution is 2.20. The highest BCUT2D eigenvalue weighted by atomic mass is 32.3. The number of hydrogen-bond donors (Lipinski definition) is 2. The first-order chi connectivity index (χ1) is 8.77. The summed E-state index contributed by atoms with van der Waals surface area (Å²) in [6.07, 6.45) is -3.39. The molecule has 0 saturated heterocycles. The van der Waals surface area contributed by atoms with Crippen LogP contribution < -0.4 is 0 Å². The third-order valence-electron chi connectivity index (χ3n) is 2.33. The summed E-state index contributed by atoms with van der Waals surface area (Å²) in [6, 6.07) is 4.04. The fourth-order valence-corrected chi connectivity index (χ4v) is 1.83. The van der Waals surface area contributed by atoms with Crippen LogP contribution in [0.1, 0.15) is 18.6 Å². The molecule has 19 heavy (non-hydrogen) atoms. The van der Waals surface area contributed by atoms with Gasteiger partial charge in [0.05, 0.1) is 11.5 Å². The van der Waals surface area contributed by atoms with Crippen LogP contribution in [0.3, 0.4) is 0 Å². The van der Waals surface area contributed by atoms with Crippen LogP contribution in [-0.4, -0.2) is 37.3 Å². The summed E-state index contributed by atoms with van der Waals surface area (Å²) in [5, 5.41) is 19.2. The Labute approximate surface area is 109 Å². The molecule has 0 radical (unpaired) electrons. The first-order valence-corrected chi connectivity index (χ1v) is 6.73. The summed E-state index contributed by atoms with van der Waals surface area (Å²) in [5.41, 5.74) is 0.0629. The van der Waals surface area contributed by atoms with E-state index < -0.39 is 33.3 Å². The van der Waals surface area contributed by atoms with Crippen molar-refractivity contribution in [2.75, 3.05) is 6.61 Å². The molecule has 0 amide bonds. The van der Waals surface area contributed by atoms with E-state index in [2.05, 4.69) is 4.74 Å². The zero-order chi connectivity index (χ0) is 14.6. The number of aliphatic hydroxyl groups excluding tert-OH is 2. The monoisotopic (exact) mass is 292 g/mol. The molecule has 0 aromatic heterocycles. The molecule has 0 heterocycles. The van der Waals surface area contributed by atoms with E-state index in [-0.39, 0.29) is 12.2 Å². The van der Waals surface area contributed by atoms with Crippen LogP contribution in [0, 0.1) is 0 Å². The minimum absolute atomic E-state index is 0.0433. The summed E-state index contributed by atoms with van der Waals surface area (Å²) in [5.74, 6) is -1.00. The number of rotatable bonds is 5. The normalized spacial score (nSPS) is 14.7. The molecule has 1 rings (SSSR count). The van der Waals surface area contributed by atoms with Gasteiger partial charge in [0.25, 0.3) is 0 Å². The van der Waals surface area contributed by atoms with Gasteiger partial charge in [0.1, 0.15) is 6.10 Å². The van der Waals surface area contributed by atoms with Gasteiger partial charge in [0.2, 0.25) is 0 Å². The quantitative estimate of drug-likeness (QED) is 0.598. The van der Waals surface area contributed by atoms with Crippen molar-refractivity contribution in [1.29, 1.82) is 0 Å². The van der Waals surface area contributed by atoms with Crippen LogP contribution in [0.2, 0.25) is 0 Å². The second kappa shape index (κ2) is 6.09. The SMILES string of the molecule is CCOC(=O)C(O)C(O)c1ccc(S(=O)(=O)F)cc1. The van der Waals surface area contributed by atoms with Crippen LogP contribution in [0.15, 0.2) is 29.2 Å². The fourth-order valence-electron chi connectivity index (χ4n) is 1.37. The average molecular weight is 292 g/mol. The van der Waals surface area contributed by atoms with Crippen LogP contribution >= 0.6 is 0 Å². The van der Waals surface area contributed by atoms with Gasteiger partial charge in [0.15, 0.2) is 6.10 Å². The van der Waals surface area contributed by atoms with E-state index in [1.54, 1.807) is 0 Å². The van der Waals surface area contributed by atoms with Crippen molar-refractivity contribution in [3.05, 3.63) is 29.8 Å². The molecule has 1 aromatic carbocycles. The van der Waals surface area contributed by atoms with Crippen molar-refractivity contribution >= 4 is 16.2 Å². The zero-order valence-corrected chi connectivity index (χ0v) is 10.8. The molecule has 0 aliphatic heterocycles. The molecule has 2 unspecified atom stereocenters. The zero-order valence-electron chi connectivity index (χ0n) is 9.98. The number of esters is 1. The van der Waals surface area contributed by atoms with Gasteiger partial charge < -0.3 is 14.9 Å². The van der Waals surface area contributed by atoms with Crippen molar-refractivity contribution in [2.24, 2.45) is 0 Å². The highest BCUT2D eigenvalue weighted by molar-refractivity contribution is 7.86. The van der Waals surface area contributed by atoms with Gasteiger partial charge in [-0.05, 0) is 24.6 Å². The fraction of sp³-hybridized carbons (Fsp3) is 0.364. The molecule has 2 atom stereocenters. The molecule has 106 valence electrons. The number of carbonyl (C=O) groups is 1. The summed E-state index contributed by atoms with van der Waals surface area (Å²) in [7, 11) is -4.83. The van der Waals surface area contributed by atoms with Gasteiger partial charge >= 0.3 is 16.2 Å². The average Bonchev–Trinajstić information content (AvgIpc) is 2.36. The maximum absolute atomic E-state index is 12.6. The van der Waals surface area contributed by atoms with E-state index >= 15 is 0 Å². The van der Waals surface area contributed by atoms with Gasteiger partial charge in [-0.15, -0.1) is 3.89 Å². The van der Waals surface area contributed by atoms with Crippen molar-refractivity contribution in [3.8, 4) is 0 Å². The van der Waals surface area contributed by atoms with Gasteiger partial charge in [-0.2, -0.15) is 8.42 Å². The molecule has 2 N–H and O–H groups in total. The van der Waals surface area contributed by atoms with Crippen LogP contribution in [0.5, 0.6) is 0 Å². The van der Waals surface area contributed by atoms with E-state index in [0.29, 0.717) is 0 Å². The highest BCUT2D eigenvalue weighted by Gasteiger charge is 2.27. The Morgan fingerprint density at radius 3 is 2.26 bits per heavy atom. The second-order valence-corrected chi connectivity index (χ2v) is 5.00. The number of hydrogen-bond acceptors (Lipinski definition) is 6. The summed E-state index contributed by atoms with van der Waals surface area (Å²) in [6.45, 7) is 1.58. The minimum Gasteiger partial charge on any atom is -0.464 e. The van der Waals surface area contributed by atoms with Crippen molar-refractivity contribution in [1.82, 2.24) is 0 Å². The lowest BCUT2D eigenvalue weighted by Crippen LogP contribution is -2.29. The van der Waals surface area contributed by atoms with E-state index in [1.165, 1.54) is 6.92 Å². The number of halogens is 1. The maximum Gasteiger partial charge on any atom is 0.338 e. The first-order valence-electron chi connectivity index (χ1n) is 5.34. The van der Waals surface area contributed by atoms with Crippen LogP contribution in [-0.2, 0) is 19.8 Å². The third kappa shape index (κ3) is 3.98. The van der Waals surface area contributed by atoms with Crippen LogP contribution in [0.4, 0.5) is 3.89 Å². The number of carbonyl (C=O) groups excluding carboxylic acids is 1. The summed E-state index contributed by atoms with van der Waals surface area (Å²) in [4.78, 5) is 10.6. The molecule has 1 aromatic rings. The molecule has 8 heteroatoms. The van der Waals surface area contributed by atoms with Gasteiger partial charge in [-0.1, -0.05) is 12.1 Å². The van der Waals surface area contributed by atoms with Gasteiger partial charge in [-0.25, -0.2) is 4.79 Å². The Morgan fingerprint density at radius 1 is 1.32 bits per heavy atom. The Morgan fingerprint density at radius 2 is 1.84 bits per heavy atom. The van der Waals surface area contributed by atoms with Crippen molar-refractivity contribution < 1.29 is 32.0 Å². The van der Waals surface area contributed by atoms with Gasteiger partial charge in [0, 0.05) is 0 Å². The molecule has 0 spiro atoms. The van der Waals surface area contributed by atoms with E-state index in [1.807, 2.05) is 0 Å². The summed E-state index contributed by atoms with van der Waals surface area (Å²) < 4.78 is 38.3. The molecule has 0 fully saturated rings. The predicted molar refractivity (Wildman–Crippen MR) is 62.3 cm³/mol. The number of benzene rings is 1. The molecule has 0 saturated carbocycles. The maximum atomic E-state index is 12.6. The third-order valence-corrected chi connectivity index (χ3v) is 3.17. The first kappa shape index (κ1) is 15.5.